The molecule has 0 unspecified atom stereocenters. The van der Waals surface area contributed by atoms with E-state index >= 15 is 0 Å². The SMILES string of the molecule is Cc1ccc(C)c(Oc2cc(C)ccc2N)c1. The molecule has 0 radical (unpaired) electrons. The van der Waals surface area contributed by atoms with Crippen LogP contribution in [0.2, 0.25) is 0 Å². The molecule has 0 aliphatic carbocycles. The number of nitrogens with two attached hydrogens (primary N) is 1. The van der Waals surface area contributed by atoms with Crippen LogP contribution in [0, 0.1) is 20.8 Å². The summed E-state index contributed by atoms with van der Waals surface area (Å²) < 4.78 is 5.88. The van der Waals surface area contributed by atoms with Crippen molar-refractivity contribution in [1.29, 1.82) is 0 Å². The van der Waals surface area contributed by atoms with Crippen molar-refractivity contribution in [1.82, 2.24) is 0 Å². The highest BCUT2D eigenvalue weighted by Crippen LogP contribution is 2.30. The predicted molar refractivity (Wildman–Crippen MR) is 71.6 cm³/mol. The average Bonchev–Trinajstić information content (AvgIpc) is 2.28. The molecule has 2 aromatic carbocycles. The summed E-state index contributed by atoms with van der Waals surface area (Å²) in [7, 11) is 0. The van der Waals surface area contributed by atoms with Gasteiger partial charge in [-0.2, -0.15) is 0 Å². The van der Waals surface area contributed by atoms with Crippen LogP contribution in [0.25, 0.3) is 0 Å². The largest absolute Gasteiger partial charge is 0.455 e. The smallest absolute Gasteiger partial charge is 0.150 e. The number of benzene rings is 2. The lowest BCUT2D eigenvalue weighted by molar-refractivity contribution is 0.480. The zero-order chi connectivity index (χ0) is 12.4. The van der Waals surface area contributed by atoms with Gasteiger partial charge in [-0.1, -0.05) is 18.2 Å². The molecule has 2 aromatic rings. The quantitative estimate of drug-likeness (QED) is 0.787. The normalized spacial score (nSPS) is 10.3. The van der Waals surface area contributed by atoms with Crippen molar-refractivity contribution in [2.75, 3.05) is 5.73 Å². The Balaban J connectivity index is 2.37. The molecule has 0 aliphatic heterocycles. The van der Waals surface area contributed by atoms with Crippen LogP contribution in [0.4, 0.5) is 5.69 Å². The molecule has 0 fully saturated rings. The monoisotopic (exact) mass is 227 g/mol. The van der Waals surface area contributed by atoms with Gasteiger partial charge in [0, 0.05) is 0 Å². The van der Waals surface area contributed by atoms with Crippen LogP contribution in [0.1, 0.15) is 16.7 Å². The molecular formula is C15H17NO. The number of aryl methyl sites for hydroxylation is 3. The molecule has 2 rings (SSSR count). The van der Waals surface area contributed by atoms with Gasteiger partial charge in [-0.15, -0.1) is 0 Å². The van der Waals surface area contributed by atoms with Gasteiger partial charge in [0.2, 0.25) is 0 Å². The zero-order valence-electron chi connectivity index (χ0n) is 10.4. The van der Waals surface area contributed by atoms with E-state index in [1.165, 1.54) is 5.56 Å². The minimum Gasteiger partial charge on any atom is -0.455 e. The lowest BCUT2D eigenvalue weighted by Crippen LogP contribution is -1.94. The Morgan fingerprint density at radius 3 is 2.12 bits per heavy atom. The molecule has 0 aromatic heterocycles. The highest BCUT2D eigenvalue weighted by molar-refractivity contribution is 5.56. The Morgan fingerprint density at radius 2 is 1.41 bits per heavy atom. The Bertz CT molecular complexity index is 497. The minimum atomic E-state index is 0.663. The zero-order valence-corrected chi connectivity index (χ0v) is 10.4. The second-order valence-electron chi connectivity index (χ2n) is 4.41. The van der Waals surface area contributed by atoms with E-state index in [1.807, 2.05) is 45.0 Å². The van der Waals surface area contributed by atoms with Gasteiger partial charge in [0.25, 0.3) is 0 Å². The van der Waals surface area contributed by atoms with Gasteiger partial charge in [0.15, 0.2) is 5.75 Å². The fourth-order valence-corrected chi connectivity index (χ4v) is 1.67. The van der Waals surface area contributed by atoms with Crippen molar-refractivity contribution in [2.24, 2.45) is 0 Å². The highest BCUT2D eigenvalue weighted by Gasteiger charge is 2.05. The third-order valence-corrected chi connectivity index (χ3v) is 2.73. The van der Waals surface area contributed by atoms with Gasteiger partial charge in [-0.3, -0.25) is 0 Å². The molecule has 0 aliphatic rings. The Hall–Kier alpha value is -1.96. The third kappa shape index (κ3) is 2.59. The summed E-state index contributed by atoms with van der Waals surface area (Å²) in [6, 6.07) is 12.0. The fraction of sp³-hybridized carbons (Fsp3) is 0.200. The van der Waals surface area contributed by atoms with Crippen LogP contribution < -0.4 is 10.5 Å². The second kappa shape index (κ2) is 4.50. The van der Waals surface area contributed by atoms with E-state index in [4.69, 9.17) is 10.5 Å². The summed E-state index contributed by atoms with van der Waals surface area (Å²) in [5.41, 5.74) is 9.99. The maximum Gasteiger partial charge on any atom is 0.150 e. The van der Waals surface area contributed by atoms with Crippen LogP contribution in [-0.4, -0.2) is 0 Å². The summed E-state index contributed by atoms with van der Waals surface area (Å²) in [6.07, 6.45) is 0. The van der Waals surface area contributed by atoms with Gasteiger partial charge in [0.05, 0.1) is 5.69 Å². The number of rotatable bonds is 2. The standard InChI is InChI=1S/C15H17NO/c1-10-4-6-12(3)14(8-10)17-15-9-11(2)5-7-13(15)16/h4-9H,16H2,1-3H3. The van der Waals surface area contributed by atoms with E-state index in [0.717, 1.165) is 22.6 Å². The number of nitrogen functional groups attached to an aromatic ring is 1. The van der Waals surface area contributed by atoms with Crippen LogP contribution >= 0.6 is 0 Å². The first-order valence-electron chi connectivity index (χ1n) is 5.67. The second-order valence-corrected chi connectivity index (χ2v) is 4.41. The first kappa shape index (κ1) is 11.5. The molecule has 0 spiro atoms. The molecule has 0 atom stereocenters. The highest BCUT2D eigenvalue weighted by atomic mass is 16.5. The summed E-state index contributed by atoms with van der Waals surface area (Å²) in [5, 5.41) is 0. The average molecular weight is 227 g/mol. The van der Waals surface area contributed by atoms with E-state index in [-0.39, 0.29) is 0 Å². The molecule has 0 amide bonds. The maximum atomic E-state index is 5.90. The topological polar surface area (TPSA) is 35.2 Å². The van der Waals surface area contributed by atoms with Crippen LogP contribution in [0.15, 0.2) is 36.4 Å². The Kier molecular flexibility index (Phi) is 3.05. The minimum absolute atomic E-state index is 0.663. The van der Waals surface area contributed by atoms with Crippen molar-refractivity contribution < 1.29 is 4.74 Å². The molecule has 0 saturated heterocycles. The molecule has 0 bridgehead atoms. The Morgan fingerprint density at radius 1 is 0.824 bits per heavy atom. The van der Waals surface area contributed by atoms with Crippen LogP contribution in [0.5, 0.6) is 11.5 Å². The van der Waals surface area contributed by atoms with Crippen molar-refractivity contribution in [3.05, 3.63) is 53.1 Å². The molecule has 2 nitrogen and oxygen atoms in total. The van der Waals surface area contributed by atoms with Gasteiger partial charge < -0.3 is 10.5 Å². The van der Waals surface area contributed by atoms with Crippen molar-refractivity contribution in [2.45, 2.75) is 20.8 Å². The molecule has 17 heavy (non-hydrogen) atoms. The molecule has 0 heterocycles. The molecular weight excluding hydrogens is 210 g/mol. The summed E-state index contributed by atoms with van der Waals surface area (Å²) in [4.78, 5) is 0. The fourth-order valence-electron chi connectivity index (χ4n) is 1.67. The number of hydrogen-bond donors (Lipinski definition) is 1. The first-order valence-corrected chi connectivity index (χ1v) is 5.67. The van der Waals surface area contributed by atoms with Gasteiger partial charge in [-0.05, 0) is 55.7 Å². The lowest BCUT2D eigenvalue weighted by Gasteiger charge is -2.12. The van der Waals surface area contributed by atoms with Gasteiger partial charge >= 0.3 is 0 Å². The van der Waals surface area contributed by atoms with E-state index in [0.29, 0.717) is 5.69 Å². The molecule has 2 heteroatoms. The number of hydrogen-bond acceptors (Lipinski definition) is 2. The summed E-state index contributed by atoms with van der Waals surface area (Å²) in [5.74, 6) is 1.58. The van der Waals surface area contributed by atoms with Crippen molar-refractivity contribution >= 4 is 5.69 Å². The van der Waals surface area contributed by atoms with E-state index in [2.05, 4.69) is 12.1 Å². The lowest BCUT2D eigenvalue weighted by atomic mass is 10.1. The van der Waals surface area contributed by atoms with Gasteiger partial charge in [0.1, 0.15) is 5.75 Å². The first-order chi connectivity index (χ1) is 8.06. The van der Waals surface area contributed by atoms with E-state index in [1.54, 1.807) is 0 Å². The van der Waals surface area contributed by atoms with Crippen molar-refractivity contribution in [3.63, 3.8) is 0 Å². The van der Waals surface area contributed by atoms with Crippen molar-refractivity contribution in [3.8, 4) is 11.5 Å². The third-order valence-electron chi connectivity index (χ3n) is 2.73. The van der Waals surface area contributed by atoms with E-state index in [9.17, 15) is 0 Å². The molecule has 2 N–H and O–H groups in total. The van der Waals surface area contributed by atoms with Crippen LogP contribution in [0.3, 0.4) is 0 Å². The summed E-state index contributed by atoms with van der Waals surface area (Å²) in [6.45, 7) is 6.10. The number of anilines is 1. The van der Waals surface area contributed by atoms with Crippen LogP contribution in [-0.2, 0) is 0 Å². The molecule has 88 valence electrons. The number of ether oxygens (including phenoxy) is 1. The van der Waals surface area contributed by atoms with Gasteiger partial charge in [-0.25, -0.2) is 0 Å². The molecule has 0 saturated carbocycles. The van der Waals surface area contributed by atoms with E-state index < -0.39 is 0 Å². The predicted octanol–water partition coefficient (Wildman–Crippen LogP) is 3.99. The summed E-state index contributed by atoms with van der Waals surface area (Å²) >= 11 is 0. The Labute approximate surface area is 102 Å². The maximum absolute atomic E-state index is 5.90.